The number of hydrogen-bond donors (Lipinski definition) is 2. The van der Waals surface area contributed by atoms with Crippen molar-refractivity contribution < 1.29 is 4.79 Å². The zero-order valence-electron chi connectivity index (χ0n) is 10.7. The Morgan fingerprint density at radius 3 is 2.69 bits per heavy atom. The van der Waals surface area contributed by atoms with E-state index in [9.17, 15) is 4.79 Å². The molecule has 0 aliphatic heterocycles. The van der Waals surface area contributed by atoms with Crippen molar-refractivity contribution in [1.29, 1.82) is 0 Å². The van der Waals surface area contributed by atoms with Crippen LogP contribution in [0.2, 0.25) is 0 Å². The highest BCUT2D eigenvalue weighted by atomic mass is 16.1. The van der Waals surface area contributed by atoms with Gasteiger partial charge in [0.2, 0.25) is 5.91 Å². The van der Waals surface area contributed by atoms with Crippen LogP contribution in [0.4, 0.5) is 0 Å². The molecule has 1 fully saturated rings. The summed E-state index contributed by atoms with van der Waals surface area (Å²) in [5.74, 6) is 1.17. The van der Waals surface area contributed by atoms with Crippen LogP contribution in [0.1, 0.15) is 52.4 Å². The summed E-state index contributed by atoms with van der Waals surface area (Å²) in [4.78, 5) is 11.8. The summed E-state index contributed by atoms with van der Waals surface area (Å²) in [7, 11) is 0. The second-order valence-corrected chi connectivity index (χ2v) is 5.15. The SMILES string of the molecule is CCC(CN)CC(=O)NC1CCCCC1C. The van der Waals surface area contributed by atoms with Crippen molar-refractivity contribution in [2.45, 2.75) is 58.4 Å². The largest absolute Gasteiger partial charge is 0.353 e. The third-order valence-corrected chi connectivity index (χ3v) is 3.84. The summed E-state index contributed by atoms with van der Waals surface area (Å²) >= 11 is 0. The molecule has 0 saturated heterocycles. The summed E-state index contributed by atoms with van der Waals surface area (Å²) in [6, 6.07) is 0.400. The molecule has 1 saturated carbocycles. The number of amides is 1. The van der Waals surface area contributed by atoms with Gasteiger partial charge in [0.05, 0.1) is 0 Å². The maximum atomic E-state index is 11.8. The van der Waals surface area contributed by atoms with Gasteiger partial charge in [-0.15, -0.1) is 0 Å². The zero-order chi connectivity index (χ0) is 12.0. The molecule has 3 atom stereocenters. The molecule has 1 aliphatic rings. The predicted octanol–water partition coefficient (Wildman–Crippen LogP) is 2.06. The van der Waals surface area contributed by atoms with Crippen LogP contribution >= 0.6 is 0 Å². The Hall–Kier alpha value is -0.570. The highest BCUT2D eigenvalue weighted by Crippen LogP contribution is 2.23. The van der Waals surface area contributed by atoms with E-state index < -0.39 is 0 Å². The van der Waals surface area contributed by atoms with Gasteiger partial charge in [-0.2, -0.15) is 0 Å². The lowest BCUT2D eigenvalue weighted by atomic mass is 9.85. The third-order valence-electron chi connectivity index (χ3n) is 3.84. The first-order valence-electron chi connectivity index (χ1n) is 6.66. The molecule has 1 amide bonds. The van der Waals surface area contributed by atoms with E-state index in [4.69, 9.17) is 5.73 Å². The van der Waals surface area contributed by atoms with Gasteiger partial charge in [0.1, 0.15) is 0 Å². The van der Waals surface area contributed by atoms with E-state index in [0.29, 0.717) is 30.8 Å². The van der Waals surface area contributed by atoms with E-state index in [1.807, 2.05) is 0 Å². The smallest absolute Gasteiger partial charge is 0.220 e. The Kier molecular flexibility index (Phi) is 5.81. The summed E-state index contributed by atoms with van der Waals surface area (Å²) < 4.78 is 0. The molecular weight excluding hydrogens is 200 g/mol. The molecule has 0 spiro atoms. The highest BCUT2D eigenvalue weighted by Gasteiger charge is 2.23. The van der Waals surface area contributed by atoms with Crippen LogP contribution in [-0.2, 0) is 4.79 Å². The van der Waals surface area contributed by atoms with Gasteiger partial charge in [-0.05, 0) is 31.2 Å². The van der Waals surface area contributed by atoms with Crippen LogP contribution in [-0.4, -0.2) is 18.5 Å². The van der Waals surface area contributed by atoms with E-state index in [1.54, 1.807) is 0 Å². The molecular formula is C13H26N2O. The molecule has 3 heteroatoms. The molecule has 0 radical (unpaired) electrons. The summed E-state index contributed by atoms with van der Waals surface area (Å²) in [6.07, 6.45) is 6.54. The Bertz CT molecular complexity index is 214. The van der Waals surface area contributed by atoms with Crippen LogP contribution in [0, 0.1) is 11.8 Å². The molecule has 16 heavy (non-hydrogen) atoms. The number of nitrogens with one attached hydrogen (secondary N) is 1. The molecule has 0 bridgehead atoms. The van der Waals surface area contributed by atoms with Gasteiger partial charge in [-0.25, -0.2) is 0 Å². The molecule has 1 rings (SSSR count). The first kappa shape index (κ1) is 13.5. The van der Waals surface area contributed by atoms with E-state index in [0.717, 1.165) is 12.8 Å². The lowest BCUT2D eigenvalue weighted by Crippen LogP contribution is -2.42. The molecule has 0 aromatic carbocycles. The van der Waals surface area contributed by atoms with Gasteiger partial charge >= 0.3 is 0 Å². The van der Waals surface area contributed by atoms with E-state index in [2.05, 4.69) is 19.2 Å². The maximum Gasteiger partial charge on any atom is 0.220 e. The Labute approximate surface area is 99.2 Å². The number of rotatable bonds is 5. The maximum absolute atomic E-state index is 11.8. The monoisotopic (exact) mass is 226 g/mol. The summed E-state index contributed by atoms with van der Waals surface area (Å²) in [5.41, 5.74) is 5.61. The van der Waals surface area contributed by atoms with Crippen LogP contribution in [0.15, 0.2) is 0 Å². The Morgan fingerprint density at radius 2 is 2.12 bits per heavy atom. The fraction of sp³-hybridized carbons (Fsp3) is 0.923. The standard InChI is InChI=1S/C13H26N2O/c1-3-11(9-14)8-13(16)15-12-7-5-4-6-10(12)2/h10-12H,3-9,14H2,1-2H3,(H,15,16). The number of nitrogens with two attached hydrogens (primary N) is 1. The molecule has 0 heterocycles. The minimum absolute atomic E-state index is 0.191. The van der Waals surface area contributed by atoms with Crippen molar-refractivity contribution >= 4 is 5.91 Å². The molecule has 3 unspecified atom stereocenters. The van der Waals surface area contributed by atoms with E-state index in [1.165, 1.54) is 19.3 Å². The minimum Gasteiger partial charge on any atom is -0.353 e. The first-order valence-corrected chi connectivity index (χ1v) is 6.66. The third kappa shape index (κ3) is 4.12. The van der Waals surface area contributed by atoms with Crippen LogP contribution in [0.3, 0.4) is 0 Å². The topological polar surface area (TPSA) is 55.1 Å². The second kappa shape index (κ2) is 6.89. The summed E-state index contributed by atoms with van der Waals surface area (Å²) in [6.45, 7) is 4.95. The average molecular weight is 226 g/mol. The van der Waals surface area contributed by atoms with Gasteiger partial charge in [0.15, 0.2) is 0 Å². The molecule has 94 valence electrons. The Morgan fingerprint density at radius 1 is 1.44 bits per heavy atom. The normalized spacial score (nSPS) is 27.4. The minimum atomic E-state index is 0.191. The van der Waals surface area contributed by atoms with Crippen molar-refractivity contribution in [2.75, 3.05) is 6.54 Å². The van der Waals surface area contributed by atoms with Gasteiger partial charge in [-0.3, -0.25) is 4.79 Å². The van der Waals surface area contributed by atoms with Crippen molar-refractivity contribution in [3.8, 4) is 0 Å². The van der Waals surface area contributed by atoms with Gasteiger partial charge in [-0.1, -0.05) is 33.1 Å². The van der Waals surface area contributed by atoms with Gasteiger partial charge < -0.3 is 11.1 Å². The molecule has 3 nitrogen and oxygen atoms in total. The first-order chi connectivity index (χ1) is 7.67. The quantitative estimate of drug-likeness (QED) is 0.754. The second-order valence-electron chi connectivity index (χ2n) is 5.15. The van der Waals surface area contributed by atoms with Crippen molar-refractivity contribution in [3.05, 3.63) is 0 Å². The highest BCUT2D eigenvalue weighted by molar-refractivity contribution is 5.76. The summed E-state index contributed by atoms with van der Waals surface area (Å²) in [5, 5.41) is 3.17. The number of carbonyl (C=O) groups is 1. The lowest BCUT2D eigenvalue weighted by molar-refractivity contribution is -0.123. The molecule has 1 aliphatic carbocycles. The zero-order valence-corrected chi connectivity index (χ0v) is 10.7. The van der Waals surface area contributed by atoms with Crippen LogP contribution in [0.5, 0.6) is 0 Å². The Balaban J connectivity index is 2.32. The van der Waals surface area contributed by atoms with Crippen molar-refractivity contribution in [2.24, 2.45) is 17.6 Å². The van der Waals surface area contributed by atoms with Crippen LogP contribution < -0.4 is 11.1 Å². The molecule has 3 N–H and O–H groups in total. The number of hydrogen-bond acceptors (Lipinski definition) is 2. The van der Waals surface area contributed by atoms with Crippen LogP contribution in [0.25, 0.3) is 0 Å². The molecule has 0 aromatic heterocycles. The predicted molar refractivity (Wildman–Crippen MR) is 67.0 cm³/mol. The van der Waals surface area contributed by atoms with E-state index in [-0.39, 0.29) is 5.91 Å². The average Bonchev–Trinajstić information content (AvgIpc) is 2.29. The molecule has 0 aromatic rings. The van der Waals surface area contributed by atoms with Crippen molar-refractivity contribution in [3.63, 3.8) is 0 Å². The van der Waals surface area contributed by atoms with Crippen molar-refractivity contribution in [1.82, 2.24) is 5.32 Å². The van der Waals surface area contributed by atoms with Gasteiger partial charge in [0.25, 0.3) is 0 Å². The fourth-order valence-electron chi connectivity index (χ4n) is 2.45. The van der Waals surface area contributed by atoms with E-state index >= 15 is 0 Å². The fourth-order valence-corrected chi connectivity index (χ4v) is 2.45. The van der Waals surface area contributed by atoms with Gasteiger partial charge in [0, 0.05) is 12.5 Å². The number of carbonyl (C=O) groups excluding carboxylic acids is 1. The lowest BCUT2D eigenvalue weighted by Gasteiger charge is -2.30.